The lowest BCUT2D eigenvalue weighted by Gasteiger charge is -2.49. The summed E-state index contributed by atoms with van der Waals surface area (Å²) in [7, 11) is 0. The summed E-state index contributed by atoms with van der Waals surface area (Å²) in [6, 6.07) is 28.6. The van der Waals surface area contributed by atoms with Gasteiger partial charge in [0, 0.05) is 5.92 Å². The number of phenols is 1. The Kier molecular flexibility index (Phi) is 6.88. The molecular weight excluding hydrogens is 618 g/mol. The molecule has 4 aromatic carbocycles. The number of allylic oxidation sites excluding steroid dienone is 2. The molecule has 49 heavy (non-hydrogen) atoms. The van der Waals surface area contributed by atoms with Crippen molar-refractivity contribution in [1.82, 2.24) is 18.9 Å². The van der Waals surface area contributed by atoms with Gasteiger partial charge in [0.15, 0.2) is 0 Å². The van der Waals surface area contributed by atoms with E-state index in [1.165, 1.54) is 9.36 Å². The summed E-state index contributed by atoms with van der Waals surface area (Å²) >= 11 is 0. The fraction of sp³-hybridized carbons (Fsp3) is 0.231. The molecular formula is C39H35N5O5. The molecule has 5 aromatic rings. The van der Waals surface area contributed by atoms with Gasteiger partial charge in [0.2, 0.25) is 0 Å². The average Bonchev–Trinajstić information content (AvgIpc) is 3.49. The molecule has 2 amide bonds. The highest BCUT2D eigenvalue weighted by Crippen LogP contribution is 2.62. The molecule has 10 nitrogen and oxygen atoms in total. The van der Waals surface area contributed by atoms with E-state index in [4.69, 9.17) is 0 Å². The Labute approximate surface area is 282 Å². The maximum atomic E-state index is 15.2. The van der Waals surface area contributed by atoms with Gasteiger partial charge in [-0.15, -0.1) is 0 Å². The normalized spacial score (nSPS) is 22.7. The second-order valence-corrected chi connectivity index (χ2v) is 13.3. The van der Waals surface area contributed by atoms with Gasteiger partial charge >= 0.3 is 11.4 Å². The minimum Gasteiger partial charge on any atom is -0.507 e. The van der Waals surface area contributed by atoms with Crippen LogP contribution >= 0.6 is 0 Å². The van der Waals surface area contributed by atoms with Crippen molar-refractivity contribution in [3.05, 3.63) is 157 Å². The van der Waals surface area contributed by atoms with Gasteiger partial charge < -0.3 is 5.11 Å². The first-order chi connectivity index (χ1) is 23.6. The van der Waals surface area contributed by atoms with E-state index in [9.17, 15) is 19.5 Å². The molecule has 10 heteroatoms. The Balaban J connectivity index is 1.39. The molecule has 4 atom stereocenters. The van der Waals surface area contributed by atoms with Crippen LogP contribution in [0.4, 0.5) is 5.69 Å². The van der Waals surface area contributed by atoms with Crippen LogP contribution in [-0.4, -0.2) is 35.9 Å². The van der Waals surface area contributed by atoms with Gasteiger partial charge in [-0.1, -0.05) is 84.4 Å². The molecule has 1 saturated carbocycles. The number of para-hydroxylation sites is 1. The standard InChI is InChI=1S/C39H35N5O5/c1-23-14-16-28(17-15-23)40-43-35(46)31-22-32-30(18-19-41-37(48)42(38(49)44(32)41)29-12-8-5-9-13-29)33(26-20-24(2)34(45)25(3)21-26)39(31,36(43)47)27-10-6-4-7-11-27/h4-18,20-21,31-33,40,45H,19,22H2,1-3H3. The number of benzene rings is 4. The highest BCUT2D eigenvalue weighted by Gasteiger charge is 2.68. The minimum absolute atomic E-state index is 0.106. The third-order valence-electron chi connectivity index (χ3n) is 10.5. The summed E-state index contributed by atoms with van der Waals surface area (Å²) in [6.45, 7) is 5.69. The highest BCUT2D eigenvalue weighted by molar-refractivity contribution is 6.12. The number of hydrogen-bond donors (Lipinski definition) is 2. The van der Waals surface area contributed by atoms with E-state index in [-0.39, 0.29) is 18.7 Å². The van der Waals surface area contributed by atoms with Gasteiger partial charge in [0.05, 0.1) is 35.3 Å². The van der Waals surface area contributed by atoms with Crippen LogP contribution in [0.3, 0.4) is 0 Å². The smallest absolute Gasteiger partial charge is 0.352 e. The predicted octanol–water partition coefficient (Wildman–Crippen LogP) is 5.05. The first-order valence-electron chi connectivity index (χ1n) is 16.4. The summed E-state index contributed by atoms with van der Waals surface area (Å²) in [5.74, 6) is -2.29. The van der Waals surface area contributed by atoms with Crippen LogP contribution in [-0.2, 0) is 21.5 Å². The van der Waals surface area contributed by atoms with E-state index in [2.05, 4.69) is 5.43 Å². The largest absolute Gasteiger partial charge is 0.507 e. The van der Waals surface area contributed by atoms with Gasteiger partial charge in [-0.2, -0.15) is 5.01 Å². The molecule has 2 aliphatic heterocycles. The summed E-state index contributed by atoms with van der Waals surface area (Å²) in [4.78, 5) is 58.1. The van der Waals surface area contributed by atoms with Crippen LogP contribution < -0.4 is 16.8 Å². The molecule has 3 heterocycles. The zero-order chi connectivity index (χ0) is 34.2. The van der Waals surface area contributed by atoms with Crippen LogP contribution in [0.25, 0.3) is 5.69 Å². The number of nitrogens with one attached hydrogen (secondary N) is 1. The number of aromatic hydroxyl groups is 1. The predicted molar refractivity (Wildman–Crippen MR) is 185 cm³/mol. The summed E-state index contributed by atoms with van der Waals surface area (Å²) in [6.07, 6.45) is 2.06. The van der Waals surface area contributed by atoms with Crippen molar-refractivity contribution >= 4 is 17.5 Å². The number of aryl methyl sites for hydroxylation is 3. The summed E-state index contributed by atoms with van der Waals surface area (Å²) < 4.78 is 4.06. The molecule has 2 N–H and O–H groups in total. The number of carbonyl (C=O) groups excluding carboxylic acids is 2. The van der Waals surface area contributed by atoms with Crippen molar-refractivity contribution in [2.75, 3.05) is 5.43 Å². The second kappa shape index (κ2) is 11.1. The Bertz CT molecular complexity index is 2280. The number of anilines is 1. The summed E-state index contributed by atoms with van der Waals surface area (Å²) in [5.41, 5.74) is 6.24. The zero-order valence-corrected chi connectivity index (χ0v) is 27.3. The number of carbonyl (C=O) groups is 2. The van der Waals surface area contributed by atoms with E-state index in [1.807, 2.05) is 99.6 Å². The maximum absolute atomic E-state index is 15.2. The van der Waals surface area contributed by atoms with Crippen LogP contribution in [0.2, 0.25) is 0 Å². The van der Waals surface area contributed by atoms with E-state index in [0.29, 0.717) is 28.1 Å². The molecule has 3 aliphatic rings. The lowest BCUT2D eigenvalue weighted by atomic mass is 9.53. The number of imide groups is 1. The first-order valence-corrected chi connectivity index (χ1v) is 16.4. The van der Waals surface area contributed by atoms with Crippen molar-refractivity contribution in [3.63, 3.8) is 0 Å². The number of hydrazine groups is 1. The van der Waals surface area contributed by atoms with Crippen molar-refractivity contribution < 1.29 is 14.7 Å². The first kappa shape index (κ1) is 30.4. The summed E-state index contributed by atoms with van der Waals surface area (Å²) in [5, 5.41) is 12.0. The van der Waals surface area contributed by atoms with Gasteiger partial charge in [0.1, 0.15) is 5.75 Å². The zero-order valence-electron chi connectivity index (χ0n) is 27.3. The number of rotatable bonds is 5. The SMILES string of the molecule is Cc1ccc(NN2C(=O)C3CC4C(=CCn5c(=O)n(-c6ccccc6)c(=O)n54)C(c4cc(C)c(O)c(C)c4)C3(c3ccccc3)C2=O)cc1. The maximum Gasteiger partial charge on any atom is 0.352 e. The lowest BCUT2D eigenvalue weighted by molar-refractivity contribution is -0.138. The molecule has 0 bridgehead atoms. The quantitative estimate of drug-likeness (QED) is 0.203. The van der Waals surface area contributed by atoms with Gasteiger partial charge in [-0.25, -0.2) is 23.5 Å². The minimum atomic E-state index is -1.40. The number of phenolic OH excluding ortho intramolecular Hbond substituents is 1. The molecule has 1 saturated heterocycles. The van der Waals surface area contributed by atoms with Crippen LogP contribution in [0.15, 0.2) is 118 Å². The van der Waals surface area contributed by atoms with Gasteiger partial charge in [-0.05, 0) is 79.3 Å². The molecule has 8 rings (SSSR count). The van der Waals surface area contributed by atoms with Crippen LogP contribution in [0.5, 0.6) is 5.75 Å². The fourth-order valence-corrected chi connectivity index (χ4v) is 8.34. The Morgan fingerprint density at radius 2 is 1.43 bits per heavy atom. The van der Waals surface area contributed by atoms with Crippen molar-refractivity contribution in [1.29, 1.82) is 0 Å². The fourth-order valence-electron chi connectivity index (χ4n) is 8.34. The second-order valence-electron chi connectivity index (χ2n) is 13.3. The molecule has 0 radical (unpaired) electrons. The number of fused-ring (bicyclic) bond motifs is 4. The molecule has 4 unspecified atom stereocenters. The van der Waals surface area contributed by atoms with Crippen molar-refractivity contribution in [2.45, 2.75) is 51.1 Å². The number of nitrogens with zero attached hydrogens (tertiary/aromatic N) is 4. The van der Waals surface area contributed by atoms with Crippen LogP contribution in [0, 0.1) is 26.7 Å². The van der Waals surface area contributed by atoms with E-state index in [1.54, 1.807) is 24.3 Å². The van der Waals surface area contributed by atoms with E-state index < -0.39 is 46.5 Å². The number of hydrogen-bond acceptors (Lipinski definition) is 6. The Morgan fingerprint density at radius 3 is 2.08 bits per heavy atom. The molecule has 2 fully saturated rings. The molecule has 1 aliphatic carbocycles. The average molecular weight is 654 g/mol. The highest BCUT2D eigenvalue weighted by atomic mass is 16.3. The monoisotopic (exact) mass is 653 g/mol. The number of aromatic nitrogens is 3. The van der Waals surface area contributed by atoms with Crippen molar-refractivity contribution in [3.8, 4) is 11.4 Å². The molecule has 246 valence electrons. The Hall–Kier alpha value is -5.90. The van der Waals surface area contributed by atoms with Crippen LogP contribution in [0.1, 0.15) is 46.2 Å². The third-order valence-corrected chi connectivity index (χ3v) is 10.5. The van der Waals surface area contributed by atoms with Gasteiger partial charge in [-0.3, -0.25) is 15.0 Å². The molecule has 1 aromatic heterocycles. The van der Waals surface area contributed by atoms with Crippen molar-refractivity contribution in [2.24, 2.45) is 5.92 Å². The number of amides is 2. The Morgan fingerprint density at radius 1 is 0.796 bits per heavy atom. The van der Waals surface area contributed by atoms with E-state index >= 15 is 4.79 Å². The topological polar surface area (TPSA) is 119 Å². The van der Waals surface area contributed by atoms with Gasteiger partial charge in [0.25, 0.3) is 11.8 Å². The molecule has 0 spiro atoms. The third kappa shape index (κ3) is 4.33. The lowest BCUT2D eigenvalue weighted by Crippen LogP contribution is -2.53. The van der Waals surface area contributed by atoms with E-state index in [0.717, 1.165) is 26.3 Å².